The Hall–Kier alpha value is -1.24. The molecule has 0 radical (unpaired) electrons. The van der Waals surface area contributed by atoms with Crippen molar-refractivity contribution in [2.24, 2.45) is 13.0 Å². The van der Waals surface area contributed by atoms with Crippen LogP contribution in [0, 0.1) is 5.92 Å². The molecule has 1 fully saturated rings. The van der Waals surface area contributed by atoms with E-state index in [1.54, 1.807) is 11.3 Å². The molecule has 2 aromatic heterocycles. The van der Waals surface area contributed by atoms with Crippen molar-refractivity contribution in [1.29, 1.82) is 0 Å². The van der Waals surface area contributed by atoms with Crippen LogP contribution in [-0.2, 0) is 24.9 Å². The number of hydrogen-bond donors (Lipinski definition) is 0. The van der Waals surface area contributed by atoms with Crippen molar-refractivity contribution in [2.45, 2.75) is 31.8 Å². The van der Waals surface area contributed by atoms with E-state index in [1.807, 2.05) is 17.9 Å². The maximum absolute atomic E-state index is 5.98. The Morgan fingerprint density at radius 3 is 3.00 bits per heavy atom. The Balaban J connectivity index is 1.46. The van der Waals surface area contributed by atoms with Gasteiger partial charge in [-0.1, -0.05) is 0 Å². The Kier molecular flexibility index (Phi) is 3.98. The van der Waals surface area contributed by atoms with Crippen molar-refractivity contribution >= 4 is 11.3 Å². The number of hydrogen-bond acceptors (Lipinski definition) is 5. The fourth-order valence-corrected chi connectivity index (χ4v) is 3.90. The van der Waals surface area contributed by atoms with Gasteiger partial charge in [0.1, 0.15) is 5.01 Å². The van der Waals surface area contributed by atoms with Crippen LogP contribution in [0.5, 0.6) is 0 Å². The third-order valence-electron chi connectivity index (χ3n) is 4.51. The lowest BCUT2D eigenvalue weighted by molar-refractivity contribution is 0.0867. The number of rotatable bonds is 6. The zero-order valence-corrected chi connectivity index (χ0v) is 13.8. The minimum atomic E-state index is 0.412. The number of ether oxygens (including phenoxy) is 1. The van der Waals surface area contributed by atoms with Gasteiger partial charge in [-0.05, 0) is 18.8 Å². The van der Waals surface area contributed by atoms with Crippen molar-refractivity contribution in [1.82, 2.24) is 19.4 Å². The molecule has 0 bridgehead atoms. The molecule has 2 aromatic rings. The van der Waals surface area contributed by atoms with Gasteiger partial charge < -0.3 is 9.30 Å². The first-order chi connectivity index (χ1) is 10.8. The van der Waals surface area contributed by atoms with Gasteiger partial charge in [0.05, 0.1) is 25.2 Å². The van der Waals surface area contributed by atoms with Crippen LogP contribution in [0.25, 0.3) is 0 Å². The Bertz CT molecular complexity index is 620. The van der Waals surface area contributed by atoms with Gasteiger partial charge in [-0.15, -0.1) is 11.3 Å². The van der Waals surface area contributed by atoms with Crippen LogP contribution in [-0.4, -0.2) is 39.2 Å². The largest absolute Gasteiger partial charge is 0.380 e. The Labute approximate surface area is 134 Å². The van der Waals surface area contributed by atoms with Crippen molar-refractivity contribution in [3.8, 4) is 0 Å². The second-order valence-corrected chi connectivity index (χ2v) is 7.44. The number of aromatic nitrogens is 3. The summed E-state index contributed by atoms with van der Waals surface area (Å²) in [6.07, 6.45) is 6.51. The third-order valence-corrected chi connectivity index (χ3v) is 5.28. The summed E-state index contributed by atoms with van der Waals surface area (Å²) in [6.45, 7) is 4.58. The van der Waals surface area contributed by atoms with E-state index in [0.29, 0.717) is 5.92 Å². The van der Waals surface area contributed by atoms with Crippen molar-refractivity contribution in [2.75, 3.05) is 19.8 Å². The highest BCUT2D eigenvalue weighted by Gasteiger charge is 2.30. The molecule has 0 saturated heterocycles. The van der Waals surface area contributed by atoms with E-state index < -0.39 is 0 Å². The average Bonchev–Trinajstić information content (AvgIpc) is 3.04. The molecule has 0 N–H and O–H groups in total. The van der Waals surface area contributed by atoms with Crippen LogP contribution in [0.3, 0.4) is 0 Å². The summed E-state index contributed by atoms with van der Waals surface area (Å²) in [5, 5.41) is 3.22. The first kappa shape index (κ1) is 14.4. The molecule has 4 rings (SSSR count). The molecule has 0 amide bonds. The zero-order chi connectivity index (χ0) is 14.9. The molecule has 118 valence electrons. The average molecular weight is 318 g/mol. The van der Waals surface area contributed by atoms with Gasteiger partial charge in [0.2, 0.25) is 0 Å². The summed E-state index contributed by atoms with van der Waals surface area (Å²) >= 11 is 1.72. The van der Waals surface area contributed by atoms with Crippen molar-refractivity contribution in [3.63, 3.8) is 0 Å². The van der Waals surface area contributed by atoms with Crippen molar-refractivity contribution < 1.29 is 4.74 Å². The Morgan fingerprint density at radius 1 is 1.32 bits per heavy atom. The normalized spacial score (nSPS) is 22.0. The van der Waals surface area contributed by atoms with Crippen LogP contribution in [0.4, 0.5) is 0 Å². The van der Waals surface area contributed by atoms with Gasteiger partial charge >= 0.3 is 0 Å². The minimum Gasteiger partial charge on any atom is -0.380 e. The van der Waals surface area contributed by atoms with Crippen LogP contribution < -0.4 is 0 Å². The predicted molar refractivity (Wildman–Crippen MR) is 85.7 cm³/mol. The van der Waals surface area contributed by atoms with Gasteiger partial charge in [0.25, 0.3) is 0 Å². The summed E-state index contributed by atoms with van der Waals surface area (Å²) in [7, 11) is 2.09. The quantitative estimate of drug-likeness (QED) is 0.820. The zero-order valence-electron chi connectivity index (χ0n) is 12.9. The first-order valence-electron chi connectivity index (χ1n) is 7.98. The van der Waals surface area contributed by atoms with E-state index >= 15 is 0 Å². The number of fused-ring (bicyclic) bond motifs is 1. The molecular formula is C16H22N4OS. The predicted octanol–water partition coefficient (Wildman–Crippen LogP) is 2.40. The molecular weight excluding hydrogens is 296 g/mol. The fraction of sp³-hybridized carbons (Fsp3) is 0.625. The molecule has 1 unspecified atom stereocenters. The van der Waals surface area contributed by atoms with E-state index in [9.17, 15) is 0 Å². The van der Waals surface area contributed by atoms with Gasteiger partial charge in [-0.2, -0.15) is 0 Å². The van der Waals surface area contributed by atoms with Crippen LogP contribution >= 0.6 is 11.3 Å². The van der Waals surface area contributed by atoms with E-state index in [1.165, 1.54) is 29.2 Å². The highest BCUT2D eigenvalue weighted by Crippen LogP contribution is 2.31. The van der Waals surface area contributed by atoms with Gasteiger partial charge in [0.15, 0.2) is 0 Å². The molecule has 1 atom stereocenters. The summed E-state index contributed by atoms with van der Waals surface area (Å²) < 4.78 is 8.15. The van der Waals surface area contributed by atoms with E-state index in [0.717, 1.165) is 38.8 Å². The molecule has 1 aliphatic heterocycles. The van der Waals surface area contributed by atoms with Crippen molar-refractivity contribution in [3.05, 3.63) is 34.3 Å². The number of aryl methyl sites for hydroxylation is 1. The first-order valence-corrected chi connectivity index (χ1v) is 8.86. The maximum atomic E-state index is 5.98. The molecule has 6 heteroatoms. The lowest BCUT2D eigenvalue weighted by Gasteiger charge is -2.32. The van der Waals surface area contributed by atoms with E-state index in [2.05, 4.69) is 26.5 Å². The molecule has 0 spiro atoms. The number of thiazole rings is 1. The summed E-state index contributed by atoms with van der Waals surface area (Å²) in [5.74, 6) is 1.23. The van der Waals surface area contributed by atoms with E-state index in [-0.39, 0.29) is 0 Å². The number of imidazole rings is 1. The third kappa shape index (κ3) is 3.09. The lowest BCUT2D eigenvalue weighted by Crippen LogP contribution is -2.36. The van der Waals surface area contributed by atoms with Crippen LogP contribution in [0.1, 0.15) is 35.2 Å². The highest BCUT2D eigenvalue weighted by molar-refractivity contribution is 7.09. The standard InChI is InChI=1S/C16H22N4OS/c1-19-11-18-14-7-20(8-15-17-4-5-22-15)6-13(16(14)19)10-21-9-12-2-3-12/h4-5,11-13H,2-3,6-10H2,1H3. The maximum Gasteiger partial charge on any atom is 0.107 e. The van der Waals surface area contributed by atoms with Crippen LogP contribution in [0.2, 0.25) is 0 Å². The fourth-order valence-electron chi connectivity index (χ4n) is 3.24. The highest BCUT2D eigenvalue weighted by atomic mass is 32.1. The van der Waals surface area contributed by atoms with Gasteiger partial charge in [-0.3, -0.25) is 4.90 Å². The van der Waals surface area contributed by atoms with E-state index in [4.69, 9.17) is 4.74 Å². The van der Waals surface area contributed by atoms with Crippen LogP contribution in [0.15, 0.2) is 17.9 Å². The monoisotopic (exact) mass is 318 g/mol. The molecule has 1 aliphatic carbocycles. The summed E-state index contributed by atoms with van der Waals surface area (Å²) in [5.41, 5.74) is 2.55. The molecule has 2 aliphatic rings. The SMILES string of the molecule is Cn1cnc2c1C(COCC1CC1)CN(Cc1nccs1)C2. The smallest absolute Gasteiger partial charge is 0.107 e. The molecule has 22 heavy (non-hydrogen) atoms. The molecule has 3 heterocycles. The second-order valence-electron chi connectivity index (χ2n) is 6.46. The topological polar surface area (TPSA) is 43.2 Å². The van der Waals surface area contributed by atoms with Gasteiger partial charge in [-0.25, -0.2) is 9.97 Å². The molecule has 0 aromatic carbocycles. The summed E-state index contributed by atoms with van der Waals surface area (Å²) in [6, 6.07) is 0. The van der Waals surface area contributed by atoms with Gasteiger partial charge in [0, 0.05) is 49.9 Å². The lowest BCUT2D eigenvalue weighted by atomic mass is 9.99. The minimum absolute atomic E-state index is 0.412. The molecule has 1 saturated carbocycles. The number of nitrogens with zero attached hydrogens (tertiary/aromatic N) is 4. The second kappa shape index (κ2) is 6.10. The molecule has 5 nitrogen and oxygen atoms in total. The summed E-state index contributed by atoms with van der Waals surface area (Å²) in [4.78, 5) is 11.4. The Morgan fingerprint density at radius 2 is 2.23 bits per heavy atom.